The molecule has 1 spiro atoms. The van der Waals surface area contributed by atoms with Gasteiger partial charge in [0.25, 0.3) is 0 Å². The Kier molecular flexibility index (Phi) is 3.10. The number of hydrogen-bond donors (Lipinski definition) is 1. The van der Waals surface area contributed by atoms with Gasteiger partial charge in [-0.2, -0.15) is 0 Å². The van der Waals surface area contributed by atoms with Crippen molar-refractivity contribution in [1.82, 2.24) is 10.2 Å². The lowest BCUT2D eigenvalue weighted by Gasteiger charge is -2.28. The zero-order valence-corrected chi connectivity index (χ0v) is 9.38. The van der Waals surface area contributed by atoms with E-state index in [2.05, 4.69) is 17.1 Å². The molecule has 0 aromatic rings. The van der Waals surface area contributed by atoms with Crippen LogP contribution in [0, 0.1) is 5.41 Å². The molecule has 14 heavy (non-hydrogen) atoms. The lowest BCUT2D eigenvalue weighted by molar-refractivity contribution is 0.118. The number of hydrogen-bond acceptors (Lipinski definition) is 3. The van der Waals surface area contributed by atoms with Gasteiger partial charge in [-0.3, -0.25) is 4.90 Å². The van der Waals surface area contributed by atoms with Gasteiger partial charge in [-0.05, 0) is 25.2 Å². The van der Waals surface area contributed by atoms with Crippen LogP contribution in [0.5, 0.6) is 0 Å². The largest absolute Gasteiger partial charge is 0.383 e. The lowest BCUT2D eigenvalue weighted by Crippen LogP contribution is -2.40. The fourth-order valence-corrected chi connectivity index (χ4v) is 2.34. The van der Waals surface area contributed by atoms with E-state index < -0.39 is 0 Å². The summed E-state index contributed by atoms with van der Waals surface area (Å²) in [6, 6.07) is 0.658. The molecule has 2 fully saturated rings. The molecular weight excluding hydrogens is 176 g/mol. The Bertz CT molecular complexity index is 192. The van der Waals surface area contributed by atoms with Gasteiger partial charge >= 0.3 is 0 Å². The van der Waals surface area contributed by atoms with Crippen molar-refractivity contribution in [1.29, 1.82) is 0 Å². The summed E-state index contributed by atoms with van der Waals surface area (Å²) >= 11 is 0. The molecule has 1 unspecified atom stereocenters. The first kappa shape index (κ1) is 10.4. The molecule has 3 nitrogen and oxygen atoms in total. The van der Waals surface area contributed by atoms with Gasteiger partial charge in [0.15, 0.2) is 0 Å². The van der Waals surface area contributed by atoms with Crippen LogP contribution >= 0.6 is 0 Å². The van der Waals surface area contributed by atoms with Crippen molar-refractivity contribution in [3.63, 3.8) is 0 Å². The molecular formula is C11H22N2O. The van der Waals surface area contributed by atoms with Crippen molar-refractivity contribution in [2.24, 2.45) is 5.41 Å². The van der Waals surface area contributed by atoms with Gasteiger partial charge in [0.2, 0.25) is 0 Å². The first-order valence-electron chi connectivity index (χ1n) is 5.69. The number of nitrogens with zero attached hydrogens (tertiary/aromatic N) is 1. The zero-order chi connectivity index (χ0) is 10.0. The van der Waals surface area contributed by atoms with Gasteiger partial charge in [0.1, 0.15) is 0 Å². The van der Waals surface area contributed by atoms with E-state index in [1.165, 1.54) is 25.9 Å². The molecule has 0 radical (unpaired) electrons. The molecule has 1 aliphatic heterocycles. The van der Waals surface area contributed by atoms with Crippen molar-refractivity contribution >= 4 is 0 Å². The van der Waals surface area contributed by atoms with Gasteiger partial charge in [0, 0.05) is 39.3 Å². The van der Waals surface area contributed by atoms with Crippen LogP contribution in [-0.2, 0) is 4.74 Å². The highest BCUT2D eigenvalue weighted by Crippen LogP contribution is 2.46. The summed E-state index contributed by atoms with van der Waals surface area (Å²) in [5.74, 6) is 0. The van der Waals surface area contributed by atoms with Crippen LogP contribution in [0.15, 0.2) is 0 Å². The van der Waals surface area contributed by atoms with Gasteiger partial charge in [-0.15, -0.1) is 0 Å². The van der Waals surface area contributed by atoms with E-state index in [-0.39, 0.29) is 0 Å². The predicted octanol–water partition coefficient (Wildman–Crippen LogP) is 0.707. The summed E-state index contributed by atoms with van der Waals surface area (Å²) in [6.45, 7) is 7.88. The highest BCUT2D eigenvalue weighted by atomic mass is 16.5. The molecule has 3 heteroatoms. The van der Waals surface area contributed by atoms with Crippen molar-refractivity contribution in [2.45, 2.75) is 25.8 Å². The summed E-state index contributed by atoms with van der Waals surface area (Å²) in [5.41, 5.74) is 0.624. The van der Waals surface area contributed by atoms with Gasteiger partial charge in [-0.25, -0.2) is 0 Å². The quantitative estimate of drug-likeness (QED) is 0.723. The van der Waals surface area contributed by atoms with E-state index in [0.29, 0.717) is 11.5 Å². The zero-order valence-electron chi connectivity index (χ0n) is 9.38. The molecule has 1 saturated carbocycles. The monoisotopic (exact) mass is 198 g/mol. The van der Waals surface area contributed by atoms with Gasteiger partial charge < -0.3 is 10.1 Å². The molecule has 82 valence electrons. The molecule has 1 N–H and O–H groups in total. The lowest BCUT2D eigenvalue weighted by atomic mass is 10.1. The third-order valence-electron chi connectivity index (χ3n) is 3.64. The molecule has 0 aromatic carbocycles. The molecule has 2 rings (SSSR count). The van der Waals surface area contributed by atoms with E-state index in [4.69, 9.17) is 4.74 Å². The van der Waals surface area contributed by atoms with Gasteiger partial charge in [0.05, 0.1) is 6.61 Å². The van der Waals surface area contributed by atoms with Crippen LogP contribution in [0.3, 0.4) is 0 Å². The Balaban J connectivity index is 1.90. The topological polar surface area (TPSA) is 24.5 Å². The Morgan fingerprint density at radius 2 is 2.29 bits per heavy atom. The second-order valence-corrected chi connectivity index (χ2v) is 4.94. The highest BCUT2D eigenvalue weighted by Gasteiger charge is 2.45. The number of methoxy groups -OCH3 is 1. The molecule has 0 bridgehead atoms. The first-order valence-corrected chi connectivity index (χ1v) is 5.69. The Morgan fingerprint density at radius 1 is 1.50 bits per heavy atom. The summed E-state index contributed by atoms with van der Waals surface area (Å²) in [6.07, 6.45) is 2.83. The molecule has 0 amide bonds. The molecule has 1 heterocycles. The fraction of sp³-hybridized carbons (Fsp3) is 1.00. The Hall–Kier alpha value is -0.120. The highest BCUT2D eigenvalue weighted by molar-refractivity contribution is 5.00. The van der Waals surface area contributed by atoms with E-state index in [0.717, 1.165) is 19.7 Å². The van der Waals surface area contributed by atoms with E-state index in [9.17, 15) is 0 Å². The summed E-state index contributed by atoms with van der Waals surface area (Å²) in [7, 11) is 1.79. The van der Waals surface area contributed by atoms with Crippen LogP contribution in [0.25, 0.3) is 0 Å². The van der Waals surface area contributed by atoms with Crippen LogP contribution in [0.1, 0.15) is 19.8 Å². The molecule has 0 aromatic heterocycles. The Labute approximate surface area is 86.8 Å². The van der Waals surface area contributed by atoms with Crippen molar-refractivity contribution in [3.8, 4) is 0 Å². The standard InChI is InChI=1S/C11H22N2O/c1-10-7-12-8-11(3-4-11)9-13(10)5-6-14-2/h10,12H,3-9H2,1-2H3. The average molecular weight is 198 g/mol. The van der Waals surface area contributed by atoms with Crippen LogP contribution < -0.4 is 5.32 Å². The molecule has 1 aliphatic carbocycles. The Morgan fingerprint density at radius 3 is 2.93 bits per heavy atom. The van der Waals surface area contributed by atoms with Crippen molar-refractivity contribution in [3.05, 3.63) is 0 Å². The predicted molar refractivity (Wildman–Crippen MR) is 57.4 cm³/mol. The van der Waals surface area contributed by atoms with Gasteiger partial charge in [-0.1, -0.05) is 0 Å². The molecule has 2 aliphatic rings. The van der Waals surface area contributed by atoms with Crippen LogP contribution in [0.2, 0.25) is 0 Å². The minimum atomic E-state index is 0.624. The maximum atomic E-state index is 5.16. The minimum Gasteiger partial charge on any atom is -0.383 e. The second-order valence-electron chi connectivity index (χ2n) is 4.94. The third kappa shape index (κ3) is 2.27. The van der Waals surface area contributed by atoms with E-state index >= 15 is 0 Å². The van der Waals surface area contributed by atoms with Crippen LogP contribution in [0.4, 0.5) is 0 Å². The van der Waals surface area contributed by atoms with Crippen molar-refractivity contribution in [2.75, 3.05) is 39.9 Å². The SMILES string of the molecule is COCCN1CC2(CC2)CNCC1C. The number of ether oxygens (including phenoxy) is 1. The number of rotatable bonds is 3. The van der Waals surface area contributed by atoms with E-state index in [1.807, 2.05) is 0 Å². The fourth-order valence-electron chi connectivity index (χ4n) is 2.34. The first-order chi connectivity index (χ1) is 6.76. The molecule has 1 atom stereocenters. The third-order valence-corrected chi connectivity index (χ3v) is 3.64. The summed E-state index contributed by atoms with van der Waals surface area (Å²) in [5, 5.41) is 3.57. The van der Waals surface area contributed by atoms with Crippen LogP contribution in [-0.4, -0.2) is 50.8 Å². The second kappa shape index (κ2) is 4.17. The van der Waals surface area contributed by atoms with Crippen molar-refractivity contribution < 1.29 is 4.74 Å². The average Bonchev–Trinajstić information content (AvgIpc) is 2.94. The maximum absolute atomic E-state index is 5.16. The number of nitrogens with one attached hydrogen (secondary N) is 1. The maximum Gasteiger partial charge on any atom is 0.0589 e. The smallest absolute Gasteiger partial charge is 0.0589 e. The minimum absolute atomic E-state index is 0.624. The summed E-state index contributed by atoms with van der Waals surface area (Å²) in [4.78, 5) is 2.58. The molecule has 1 saturated heterocycles. The van der Waals surface area contributed by atoms with E-state index in [1.54, 1.807) is 7.11 Å². The normalized spacial score (nSPS) is 31.7. The summed E-state index contributed by atoms with van der Waals surface area (Å²) < 4.78 is 5.16.